The molecular formula is C17H14FN5O2. The van der Waals surface area contributed by atoms with Gasteiger partial charge in [0.05, 0.1) is 11.4 Å². The number of anilines is 1. The Labute approximate surface area is 142 Å². The van der Waals surface area contributed by atoms with E-state index in [1.54, 1.807) is 13.0 Å². The number of hydrogen-bond donors (Lipinski definition) is 3. The Bertz CT molecular complexity index is 991. The van der Waals surface area contributed by atoms with Crippen LogP contribution in [0.2, 0.25) is 0 Å². The Morgan fingerprint density at radius 2 is 1.92 bits per heavy atom. The van der Waals surface area contributed by atoms with E-state index in [0.717, 1.165) is 5.56 Å². The van der Waals surface area contributed by atoms with Crippen LogP contribution in [0.3, 0.4) is 0 Å². The maximum absolute atomic E-state index is 13.4. The van der Waals surface area contributed by atoms with Crippen LogP contribution in [0.1, 0.15) is 16.1 Å². The van der Waals surface area contributed by atoms with Crippen LogP contribution in [0.15, 0.2) is 36.4 Å². The minimum Gasteiger partial charge on any atom is -0.508 e. The molecule has 8 heteroatoms. The number of primary amides is 1. The zero-order chi connectivity index (χ0) is 18.1. The lowest BCUT2D eigenvalue weighted by molar-refractivity contribution is 0.0996. The fourth-order valence-electron chi connectivity index (χ4n) is 2.38. The van der Waals surface area contributed by atoms with Gasteiger partial charge in [-0.15, -0.1) is 0 Å². The molecule has 2 heterocycles. The molecule has 25 heavy (non-hydrogen) atoms. The van der Waals surface area contributed by atoms with E-state index in [0.29, 0.717) is 5.56 Å². The highest BCUT2D eigenvalue weighted by atomic mass is 19.1. The summed E-state index contributed by atoms with van der Waals surface area (Å²) < 4.78 is 13.4. The van der Waals surface area contributed by atoms with Crippen LogP contribution >= 0.6 is 0 Å². The molecule has 0 saturated heterocycles. The first-order valence-corrected chi connectivity index (χ1v) is 7.27. The number of carbonyl (C=O) groups excluding carboxylic acids is 1. The molecule has 0 saturated carbocycles. The third-order valence-electron chi connectivity index (χ3n) is 3.60. The van der Waals surface area contributed by atoms with Crippen molar-refractivity contribution in [1.29, 1.82) is 0 Å². The number of rotatable bonds is 3. The summed E-state index contributed by atoms with van der Waals surface area (Å²) in [5.74, 6) is -1.56. The molecule has 7 nitrogen and oxygen atoms in total. The van der Waals surface area contributed by atoms with Crippen LogP contribution < -0.4 is 11.5 Å². The van der Waals surface area contributed by atoms with E-state index in [1.165, 1.54) is 30.3 Å². The number of benzene rings is 1. The Kier molecular flexibility index (Phi) is 4.02. The third kappa shape index (κ3) is 3.09. The van der Waals surface area contributed by atoms with E-state index in [-0.39, 0.29) is 34.3 Å². The van der Waals surface area contributed by atoms with E-state index in [4.69, 9.17) is 11.5 Å². The van der Waals surface area contributed by atoms with Crippen LogP contribution in [-0.2, 0) is 0 Å². The molecule has 1 aromatic carbocycles. The Morgan fingerprint density at radius 1 is 1.16 bits per heavy atom. The first kappa shape index (κ1) is 16.3. The molecule has 1 amide bonds. The number of aromatic hydroxyl groups is 1. The molecule has 0 unspecified atom stereocenters. The first-order valence-electron chi connectivity index (χ1n) is 7.27. The molecule has 0 fully saturated rings. The van der Waals surface area contributed by atoms with Gasteiger partial charge in [-0.3, -0.25) is 4.79 Å². The maximum Gasteiger partial charge on any atom is 0.269 e. The van der Waals surface area contributed by atoms with Gasteiger partial charge in [0, 0.05) is 5.56 Å². The Morgan fingerprint density at radius 3 is 2.60 bits per heavy atom. The summed E-state index contributed by atoms with van der Waals surface area (Å²) in [6.45, 7) is 1.79. The molecule has 0 aliphatic carbocycles. The number of phenolic OH excluding ortho intramolecular Hbond substituents is 1. The van der Waals surface area contributed by atoms with Crippen LogP contribution in [-0.4, -0.2) is 26.0 Å². The second-order valence-electron chi connectivity index (χ2n) is 5.37. The number of nitrogens with zero attached hydrogens (tertiary/aromatic N) is 3. The predicted octanol–water partition coefficient (Wildman–Crippen LogP) is 2.04. The van der Waals surface area contributed by atoms with E-state index >= 15 is 0 Å². The first-order chi connectivity index (χ1) is 11.9. The predicted molar refractivity (Wildman–Crippen MR) is 90.0 cm³/mol. The molecule has 3 aromatic rings. The molecule has 0 aliphatic heterocycles. The van der Waals surface area contributed by atoms with E-state index in [2.05, 4.69) is 15.0 Å². The zero-order valence-electron chi connectivity index (χ0n) is 13.2. The van der Waals surface area contributed by atoms with E-state index in [9.17, 15) is 14.3 Å². The largest absolute Gasteiger partial charge is 0.508 e. The number of pyridine rings is 1. The number of carbonyl (C=O) groups is 1. The van der Waals surface area contributed by atoms with E-state index < -0.39 is 11.9 Å². The lowest BCUT2D eigenvalue weighted by Gasteiger charge is -2.12. The molecule has 0 spiro atoms. The van der Waals surface area contributed by atoms with Gasteiger partial charge in [0.25, 0.3) is 5.91 Å². The number of nitrogens with two attached hydrogens (primary N) is 2. The number of aryl methyl sites for hydroxylation is 1. The smallest absolute Gasteiger partial charge is 0.269 e. The fourth-order valence-corrected chi connectivity index (χ4v) is 2.38. The number of nitrogen functional groups attached to an aromatic ring is 1. The van der Waals surface area contributed by atoms with Crippen molar-refractivity contribution >= 4 is 11.6 Å². The summed E-state index contributed by atoms with van der Waals surface area (Å²) in [5, 5.41) is 9.75. The van der Waals surface area contributed by atoms with Crippen molar-refractivity contribution in [3.8, 4) is 28.5 Å². The second kappa shape index (κ2) is 6.16. The summed E-state index contributed by atoms with van der Waals surface area (Å²) in [4.78, 5) is 23.8. The number of aromatic nitrogens is 3. The normalized spacial score (nSPS) is 10.6. The molecule has 0 bridgehead atoms. The van der Waals surface area contributed by atoms with Gasteiger partial charge in [-0.25, -0.2) is 15.0 Å². The summed E-state index contributed by atoms with van der Waals surface area (Å²) in [6, 6.07) is 8.77. The van der Waals surface area contributed by atoms with E-state index in [1.807, 2.05) is 0 Å². The van der Waals surface area contributed by atoms with Gasteiger partial charge >= 0.3 is 0 Å². The zero-order valence-corrected chi connectivity index (χ0v) is 13.2. The van der Waals surface area contributed by atoms with Gasteiger partial charge in [0.1, 0.15) is 11.4 Å². The monoisotopic (exact) mass is 339 g/mol. The van der Waals surface area contributed by atoms with Gasteiger partial charge < -0.3 is 16.6 Å². The molecule has 0 radical (unpaired) electrons. The van der Waals surface area contributed by atoms with Crippen molar-refractivity contribution in [2.45, 2.75) is 6.92 Å². The lowest BCUT2D eigenvalue weighted by Crippen LogP contribution is -2.18. The number of amides is 1. The molecule has 2 aromatic heterocycles. The third-order valence-corrected chi connectivity index (χ3v) is 3.60. The molecule has 0 aliphatic rings. The molecule has 126 valence electrons. The van der Waals surface area contributed by atoms with Crippen molar-refractivity contribution < 1.29 is 14.3 Å². The molecule has 3 rings (SSSR count). The number of phenols is 1. The van der Waals surface area contributed by atoms with Crippen LogP contribution in [0.5, 0.6) is 5.75 Å². The molecule has 5 N–H and O–H groups in total. The lowest BCUT2D eigenvalue weighted by atomic mass is 10.0. The van der Waals surface area contributed by atoms with Gasteiger partial charge in [-0.1, -0.05) is 12.1 Å². The topological polar surface area (TPSA) is 128 Å². The van der Waals surface area contributed by atoms with Crippen LogP contribution in [0.25, 0.3) is 22.8 Å². The van der Waals surface area contributed by atoms with Crippen molar-refractivity contribution in [2.24, 2.45) is 5.73 Å². The minimum atomic E-state index is -0.850. The van der Waals surface area contributed by atoms with Crippen LogP contribution in [0.4, 0.5) is 10.1 Å². The molecule has 0 atom stereocenters. The fraction of sp³-hybridized carbons (Fsp3) is 0.0588. The van der Waals surface area contributed by atoms with Crippen molar-refractivity contribution in [2.75, 3.05) is 5.73 Å². The van der Waals surface area contributed by atoms with Gasteiger partial charge in [-0.2, -0.15) is 4.39 Å². The summed E-state index contributed by atoms with van der Waals surface area (Å²) in [6.07, 6.45) is 0. The average molecular weight is 339 g/mol. The second-order valence-corrected chi connectivity index (χ2v) is 5.37. The molecular weight excluding hydrogens is 325 g/mol. The standard InChI is InChI=1S/C17H14FN5O2/c1-8-5-6-9(24)7-10(8)14-13(19)15(16(20)25)23-17(22-14)11-3-2-4-12(18)21-11/h2-7,24H,19H2,1H3,(H2,20,25). The van der Waals surface area contributed by atoms with Crippen molar-refractivity contribution in [1.82, 2.24) is 15.0 Å². The van der Waals surface area contributed by atoms with Gasteiger partial charge in [0.15, 0.2) is 11.5 Å². The number of halogens is 1. The van der Waals surface area contributed by atoms with Crippen molar-refractivity contribution in [3.63, 3.8) is 0 Å². The maximum atomic E-state index is 13.4. The van der Waals surface area contributed by atoms with Crippen LogP contribution in [0, 0.1) is 12.9 Å². The average Bonchev–Trinajstić information content (AvgIpc) is 2.57. The summed E-state index contributed by atoms with van der Waals surface area (Å²) in [7, 11) is 0. The highest BCUT2D eigenvalue weighted by molar-refractivity contribution is 5.99. The summed E-state index contributed by atoms with van der Waals surface area (Å²) in [5.41, 5.74) is 12.7. The minimum absolute atomic E-state index is 0.000225. The summed E-state index contributed by atoms with van der Waals surface area (Å²) >= 11 is 0. The highest BCUT2D eigenvalue weighted by Crippen LogP contribution is 2.32. The Hall–Kier alpha value is -3.55. The van der Waals surface area contributed by atoms with Gasteiger partial charge in [-0.05, 0) is 36.8 Å². The number of hydrogen-bond acceptors (Lipinski definition) is 6. The SMILES string of the molecule is Cc1ccc(O)cc1-c1nc(-c2cccc(F)n2)nc(C(N)=O)c1N. The highest BCUT2D eigenvalue weighted by Gasteiger charge is 2.20. The van der Waals surface area contributed by atoms with Crippen molar-refractivity contribution in [3.05, 3.63) is 53.6 Å². The quantitative estimate of drug-likeness (QED) is 0.626. The van der Waals surface area contributed by atoms with Gasteiger partial charge in [0.2, 0.25) is 5.95 Å². The Balaban J connectivity index is 2.31.